The highest BCUT2D eigenvalue weighted by molar-refractivity contribution is 5.21. The van der Waals surface area contributed by atoms with Crippen LogP contribution in [0.2, 0.25) is 0 Å². The summed E-state index contributed by atoms with van der Waals surface area (Å²) in [7, 11) is 0. The number of hydrogen-bond donors (Lipinski definition) is 0. The van der Waals surface area contributed by atoms with Gasteiger partial charge in [0, 0.05) is 23.8 Å². The molecule has 0 amide bonds. The van der Waals surface area contributed by atoms with Gasteiger partial charge in [-0.15, -0.1) is 0 Å². The van der Waals surface area contributed by atoms with Gasteiger partial charge in [0.05, 0.1) is 0 Å². The van der Waals surface area contributed by atoms with Crippen LogP contribution in [0.5, 0.6) is 0 Å². The largest absolute Gasteiger partial charge is 0.261 e. The van der Waals surface area contributed by atoms with Crippen LogP contribution in [0, 0.1) is 0 Å². The predicted molar refractivity (Wildman–Crippen MR) is 74.6 cm³/mol. The summed E-state index contributed by atoms with van der Waals surface area (Å²) in [5.41, 5.74) is 5.10. The van der Waals surface area contributed by atoms with Crippen molar-refractivity contribution in [2.75, 3.05) is 0 Å². The molecule has 2 aromatic heterocycles. The second kappa shape index (κ2) is 6.29. The van der Waals surface area contributed by atoms with Gasteiger partial charge in [-0.25, -0.2) is 0 Å². The molecule has 2 nitrogen and oxygen atoms in total. The van der Waals surface area contributed by atoms with E-state index >= 15 is 0 Å². The first kappa shape index (κ1) is 12.7. The van der Waals surface area contributed by atoms with E-state index in [4.69, 9.17) is 0 Å². The molecule has 0 aliphatic rings. The zero-order chi connectivity index (χ0) is 12.8. The van der Waals surface area contributed by atoms with Gasteiger partial charge >= 0.3 is 0 Å². The Kier molecular flexibility index (Phi) is 4.46. The monoisotopic (exact) mass is 240 g/mol. The van der Waals surface area contributed by atoms with E-state index in [-0.39, 0.29) is 0 Å². The predicted octanol–water partition coefficient (Wildman–Crippen LogP) is 3.39. The molecule has 0 radical (unpaired) electrons. The first-order chi connectivity index (χ1) is 8.81. The van der Waals surface area contributed by atoms with Crippen molar-refractivity contribution in [2.24, 2.45) is 0 Å². The summed E-state index contributed by atoms with van der Waals surface area (Å²) >= 11 is 0. The molecule has 0 saturated carbocycles. The minimum Gasteiger partial charge on any atom is -0.261 e. The molecule has 0 bridgehead atoms. The number of pyridine rings is 2. The van der Waals surface area contributed by atoms with Crippen LogP contribution in [0.25, 0.3) is 0 Å². The SMILES string of the molecule is CCc1cc(CCc2ccnc(CC)c2)ccn1. The van der Waals surface area contributed by atoms with Crippen LogP contribution in [0.1, 0.15) is 36.4 Å². The van der Waals surface area contributed by atoms with E-state index in [9.17, 15) is 0 Å². The van der Waals surface area contributed by atoms with E-state index in [1.807, 2.05) is 12.4 Å². The van der Waals surface area contributed by atoms with Crippen molar-refractivity contribution >= 4 is 0 Å². The Bertz CT molecular complexity index is 458. The molecule has 18 heavy (non-hydrogen) atoms. The Hall–Kier alpha value is -1.70. The molecule has 0 aliphatic heterocycles. The van der Waals surface area contributed by atoms with Crippen LogP contribution in [0.4, 0.5) is 0 Å². The topological polar surface area (TPSA) is 25.8 Å². The molecule has 0 aromatic carbocycles. The zero-order valence-electron chi connectivity index (χ0n) is 11.2. The summed E-state index contributed by atoms with van der Waals surface area (Å²) in [4.78, 5) is 8.66. The lowest BCUT2D eigenvalue weighted by Gasteiger charge is -2.05. The van der Waals surface area contributed by atoms with Crippen molar-refractivity contribution in [3.8, 4) is 0 Å². The molecule has 94 valence electrons. The summed E-state index contributed by atoms with van der Waals surface area (Å²) in [6.07, 6.45) is 7.98. The fourth-order valence-corrected chi connectivity index (χ4v) is 2.04. The molecule has 0 atom stereocenters. The maximum atomic E-state index is 4.33. The van der Waals surface area contributed by atoms with E-state index in [0.29, 0.717) is 0 Å². The Morgan fingerprint density at radius 2 is 1.22 bits per heavy atom. The van der Waals surface area contributed by atoms with Crippen molar-refractivity contribution in [3.05, 3.63) is 59.2 Å². The molecular weight excluding hydrogens is 220 g/mol. The van der Waals surface area contributed by atoms with Crippen LogP contribution in [0.15, 0.2) is 36.7 Å². The van der Waals surface area contributed by atoms with Crippen molar-refractivity contribution < 1.29 is 0 Å². The van der Waals surface area contributed by atoms with E-state index in [0.717, 1.165) is 25.7 Å². The van der Waals surface area contributed by atoms with Gasteiger partial charge in [-0.2, -0.15) is 0 Å². The standard InChI is InChI=1S/C16H20N2/c1-3-15-11-13(7-9-17-15)5-6-14-8-10-18-16(4-2)12-14/h7-12H,3-6H2,1-2H3. The molecule has 2 heterocycles. The maximum Gasteiger partial charge on any atom is 0.0403 e. The maximum absolute atomic E-state index is 4.33. The molecule has 2 aromatic rings. The van der Waals surface area contributed by atoms with Crippen LogP contribution in [-0.4, -0.2) is 9.97 Å². The highest BCUT2D eigenvalue weighted by Crippen LogP contribution is 2.09. The lowest BCUT2D eigenvalue weighted by Crippen LogP contribution is -1.96. The third kappa shape index (κ3) is 3.39. The average Bonchev–Trinajstić information content (AvgIpc) is 2.45. The third-order valence-corrected chi connectivity index (χ3v) is 3.19. The third-order valence-electron chi connectivity index (χ3n) is 3.19. The summed E-state index contributed by atoms with van der Waals surface area (Å²) in [5, 5.41) is 0. The average molecular weight is 240 g/mol. The van der Waals surface area contributed by atoms with Gasteiger partial charge in [0.2, 0.25) is 0 Å². The number of hydrogen-bond acceptors (Lipinski definition) is 2. The van der Waals surface area contributed by atoms with Gasteiger partial charge in [-0.05, 0) is 61.1 Å². The van der Waals surface area contributed by atoms with Gasteiger partial charge in [0.25, 0.3) is 0 Å². The second-order valence-electron chi connectivity index (χ2n) is 4.52. The molecule has 0 saturated heterocycles. The van der Waals surface area contributed by atoms with Crippen molar-refractivity contribution in [1.29, 1.82) is 0 Å². The van der Waals surface area contributed by atoms with Crippen LogP contribution >= 0.6 is 0 Å². The Morgan fingerprint density at radius 3 is 1.61 bits per heavy atom. The van der Waals surface area contributed by atoms with E-state index in [2.05, 4.69) is 48.1 Å². The van der Waals surface area contributed by atoms with Crippen LogP contribution in [-0.2, 0) is 25.7 Å². The minimum absolute atomic E-state index is 1.00. The highest BCUT2D eigenvalue weighted by Gasteiger charge is 1.99. The Balaban J connectivity index is 2.01. The highest BCUT2D eigenvalue weighted by atomic mass is 14.7. The number of nitrogens with zero attached hydrogens (tertiary/aromatic N) is 2. The van der Waals surface area contributed by atoms with Gasteiger partial charge in [0.15, 0.2) is 0 Å². The molecular formula is C16H20N2. The van der Waals surface area contributed by atoms with Gasteiger partial charge in [0.1, 0.15) is 0 Å². The number of aromatic nitrogens is 2. The lowest BCUT2D eigenvalue weighted by molar-refractivity contribution is 0.921. The summed E-state index contributed by atoms with van der Waals surface area (Å²) < 4.78 is 0. The zero-order valence-corrected chi connectivity index (χ0v) is 11.2. The van der Waals surface area contributed by atoms with E-state index in [1.54, 1.807) is 0 Å². The molecule has 0 unspecified atom stereocenters. The van der Waals surface area contributed by atoms with Crippen molar-refractivity contribution in [3.63, 3.8) is 0 Å². The number of aryl methyl sites for hydroxylation is 4. The fraction of sp³-hybridized carbons (Fsp3) is 0.375. The van der Waals surface area contributed by atoms with Crippen molar-refractivity contribution in [1.82, 2.24) is 9.97 Å². The smallest absolute Gasteiger partial charge is 0.0403 e. The van der Waals surface area contributed by atoms with Crippen LogP contribution < -0.4 is 0 Å². The van der Waals surface area contributed by atoms with Gasteiger partial charge in [-0.1, -0.05) is 13.8 Å². The molecule has 2 heteroatoms. The lowest BCUT2D eigenvalue weighted by atomic mass is 10.0. The fourth-order valence-electron chi connectivity index (χ4n) is 2.04. The van der Waals surface area contributed by atoms with E-state index < -0.39 is 0 Å². The van der Waals surface area contributed by atoms with Gasteiger partial charge < -0.3 is 0 Å². The first-order valence-electron chi connectivity index (χ1n) is 6.69. The number of rotatable bonds is 5. The summed E-state index contributed by atoms with van der Waals surface area (Å²) in [6, 6.07) is 8.64. The van der Waals surface area contributed by atoms with E-state index in [1.165, 1.54) is 22.5 Å². The van der Waals surface area contributed by atoms with Crippen LogP contribution in [0.3, 0.4) is 0 Å². The molecule has 0 spiro atoms. The van der Waals surface area contributed by atoms with Crippen molar-refractivity contribution in [2.45, 2.75) is 39.5 Å². The van der Waals surface area contributed by atoms with Gasteiger partial charge in [-0.3, -0.25) is 9.97 Å². The minimum atomic E-state index is 1.00. The quantitative estimate of drug-likeness (QED) is 0.800. The second-order valence-corrected chi connectivity index (χ2v) is 4.52. The molecule has 2 rings (SSSR count). The summed E-state index contributed by atoms with van der Waals surface area (Å²) in [5.74, 6) is 0. The Morgan fingerprint density at radius 1 is 0.778 bits per heavy atom. The summed E-state index contributed by atoms with van der Waals surface area (Å²) in [6.45, 7) is 4.28. The molecule has 0 N–H and O–H groups in total. The molecule has 0 fully saturated rings. The molecule has 0 aliphatic carbocycles. The first-order valence-corrected chi connectivity index (χ1v) is 6.69. The Labute approximate surface area is 109 Å². The normalized spacial score (nSPS) is 10.6.